The molecule has 6 rings (SSSR count). The van der Waals surface area contributed by atoms with Gasteiger partial charge < -0.3 is 14.2 Å². The van der Waals surface area contributed by atoms with Crippen LogP contribution in [0.4, 0.5) is 0 Å². The summed E-state index contributed by atoms with van der Waals surface area (Å²) in [6, 6.07) is 23.5. The van der Waals surface area contributed by atoms with Crippen molar-refractivity contribution in [2.45, 2.75) is 18.4 Å². The first-order chi connectivity index (χ1) is 17.4. The zero-order valence-electron chi connectivity index (χ0n) is 20.1. The van der Waals surface area contributed by atoms with Crippen LogP contribution in [0.15, 0.2) is 84.0 Å². The standard InChI is InChI=1S/C30H24N4O2/c1-33-18-32-17-28(33)30(36)23-9-8-22(16-31)20(13-23)7-6-19-4-3-5-21(12-19)25-15-29(35)34(2)27-11-10-24(30)14-26(25)27/h3-5,8-15,17-18,36H,6-7H2,1-2H3. The van der Waals surface area contributed by atoms with Crippen molar-refractivity contribution in [2.75, 3.05) is 0 Å². The molecule has 1 unspecified atom stereocenters. The number of benzene rings is 3. The van der Waals surface area contributed by atoms with Crippen LogP contribution >= 0.6 is 0 Å². The van der Waals surface area contributed by atoms with Gasteiger partial charge in [-0.1, -0.05) is 42.5 Å². The van der Waals surface area contributed by atoms with Crippen LogP contribution in [0.1, 0.15) is 33.5 Å². The number of rotatable bonds is 1. The number of pyridine rings is 1. The number of nitrogens with zero attached hydrogens (tertiary/aromatic N) is 4. The Kier molecular flexibility index (Phi) is 4.92. The topological polar surface area (TPSA) is 83.8 Å². The Morgan fingerprint density at radius 2 is 1.81 bits per heavy atom. The summed E-state index contributed by atoms with van der Waals surface area (Å²) >= 11 is 0. The molecule has 1 N–H and O–H groups in total. The summed E-state index contributed by atoms with van der Waals surface area (Å²) in [4.78, 5) is 17.2. The lowest BCUT2D eigenvalue weighted by atomic mass is 9.81. The van der Waals surface area contributed by atoms with Crippen molar-refractivity contribution in [1.82, 2.24) is 14.1 Å². The van der Waals surface area contributed by atoms with Gasteiger partial charge in [-0.15, -0.1) is 0 Å². The zero-order valence-corrected chi connectivity index (χ0v) is 20.1. The Labute approximate surface area is 208 Å². The fourth-order valence-electron chi connectivity index (χ4n) is 5.40. The van der Waals surface area contributed by atoms with Gasteiger partial charge in [-0.2, -0.15) is 5.26 Å². The Bertz CT molecular complexity index is 1770. The fraction of sp³-hybridized carbons (Fsp3) is 0.167. The predicted molar refractivity (Wildman–Crippen MR) is 138 cm³/mol. The quantitative estimate of drug-likeness (QED) is 0.397. The molecule has 3 aromatic carbocycles. The van der Waals surface area contributed by atoms with Gasteiger partial charge in [0.25, 0.3) is 5.56 Å². The highest BCUT2D eigenvalue weighted by molar-refractivity contribution is 5.95. The molecular weight excluding hydrogens is 448 g/mol. The minimum Gasteiger partial charge on any atom is -0.374 e. The maximum absolute atomic E-state index is 12.9. The molecule has 1 atom stereocenters. The van der Waals surface area contributed by atoms with Gasteiger partial charge in [0.15, 0.2) is 5.60 Å². The van der Waals surface area contributed by atoms with Crippen LogP contribution < -0.4 is 5.56 Å². The molecule has 0 fully saturated rings. The number of hydrogen-bond donors (Lipinski definition) is 1. The van der Waals surface area contributed by atoms with E-state index in [2.05, 4.69) is 23.2 Å². The van der Waals surface area contributed by atoms with E-state index in [0.29, 0.717) is 28.8 Å². The molecule has 5 aromatic rings. The molecule has 176 valence electrons. The van der Waals surface area contributed by atoms with Crippen LogP contribution in [0.5, 0.6) is 0 Å². The zero-order chi connectivity index (χ0) is 25.0. The molecule has 36 heavy (non-hydrogen) atoms. The summed E-state index contributed by atoms with van der Waals surface area (Å²) in [5.74, 6) is 0. The lowest BCUT2D eigenvalue weighted by molar-refractivity contribution is 0.117. The summed E-state index contributed by atoms with van der Waals surface area (Å²) in [6.07, 6.45) is 4.71. The van der Waals surface area contributed by atoms with E-state index in [0.717, 1.165) is 39.6 Å². The molecule has 6 nitrogen and oxygen atoms in total. The second-order valence-corrected chi connectivity index (χ2v) is 9.47. The molecule has 0 saturated carbocycles. The molecule has 0 amide bonds. The molecule has 2 heterocycles. The van der Waals surface area contributed by atoms with Gasteiger partial charge in [-0.05, 0) is 64.4 Å². The first-order valence-electron chi connectivity index (χ1n) is 11.9. The summed E-state index contributed by atoms with van der Waals surface area (Å²) in [5, 5.41) is 23.2. The van der Waals surface area contributed by atoms with Gasteiger partial charge in [0, 0.05) is 25.5 Å². The smallest absolute Gasteiger partial charge is 0.251 e. The monoisotopic (exact) mass is 472 g/mol. The first kappa shape index (κ1) is 22.0. The van der Waals surface area contributed by atoms with Crippen LogP contribution in [0.2, 0.25) is 0 Å². The van der Waals surface area contributed by atoms with Gasteiger partial charge in [0.1, 0.15) is 0 Å². The maximum atomic E-state index is 12.9. The number of aliphatic hydroxyl groups is 1. The average molecular weight is 473 g/mol. The average Bonchev–Trinajstić information content (AvgIpc) is 3.34. The Hall–Kier alpha value is -4.47. The number of imidazole rings is 1. The summed E-state index contributed by atoms with van der Waals surface area (Å²) < 4.78 is 3.44. The number of aromatic nitrogens is 3. The van der Waals surface area contributed by atoms with E-state index < -0.39 is 5.60 Å². The van der Waals surface area contributed by atoms with E-state index in [1.54, 1.807) is 36.3 Å². The van der Waals surface area contributed by atoms with Crippen LogP contribution in [0, 0.1) is 11.3 Å². The highest BCUT2D eigenvalue weighted by Crippen LogP contribution is 2.40. The van der Waals surface area contributed by atoms with Crippen molar-refractivity contribution in [1.29, 1.82) is 5.26 Å². The first-order valence-corrected chi connectivity index (χ1v) is 11.9. The summed E-state index contributed by atoms with van der Waals surface area (Å²) in [6.45, 7) is 0. The van der Waals surface area contributed by atoms with E-state index in [4.69, 9.17) is 0 Å². The molecule has 6 bridgehead atoms. The van der Waals surface area contributed by atoms with E-state index >= 15 is 0 Å². The number of fused-ring (bicyclic) bond motifs is 6. The van der Waals surface area contributed by atoms with E-state index in [-0.39, 0.29) is 5.56 Å². The third-order valence-electron chi connectivity index (χ3n) is 7.42. The lowest BCUT2D eigenvalue weighted by Gasteiger charge is -2.31. The molecule has 0 radical (unpaired) electrons. The Morgan fingerprint density at radius 3 is 2.58 bits per heavy atom. The molecule has 0 saturated heterocycles. The molecule has 0 aliphatic heterocycles. The van der Waals surface area contributed by atoms with E-state index in [9.17, 15) is 15.2 Å². The number of hydrogen-bond acceptors (Lipinski definition) is 4. The second-order valence-electron chi connectivity index (χ2n) is 9.47. The van der Waals surface area contributed by atoms with Gasteiger partial charge in [-0.25, -0.2) is 4.98 Å². The van der Waals surface area contributed by atoms with E-state index in [1.165, 1.54) is 0 Å². The van der Waals surface area contributed by atoms with Crippen LogP contribution in [-0.4, -0.2) is 19.2 Å². The van der Waals surface area contributed by atoms with Crippen molar-refractivity contribution < 1.29 is 5.11 Å². The van der Waals surface area contributed by atoms with Crippen molar-refractivity contribution in [3.8, 4) is 17.2 Å². The van der Waals surface area contributed by atoms with Crippen molar-refractivity contribution in [3.63, 3.8) is 0 Å². The highest BCUT2D eigenvalue weighted by Gasteiger charge is 2.37. The van der Waals surface area contributed by atoms with Gasteiger partial charge in [-0.3, -0.25) is 4.79 Å². The second kappa shape index (κ2) is 8.04. The Morgan fingerprint density at radius 1 is 1.00 bits per heavy atom. The highest BCUT2D eigenvalue weighted by atomic mass is 16.3. The SMILES string of the molecule is Cn1cncc1C1(O)c2ccc(C#N)c(c2)CCc2cccc(c2)-c2cc(=O)n(C)c3ccc1cc23. The molecular formula is C30H24N4O2. The molecule has 2 aromatic heterocycles. The van der Waals surface area contributed by atoms with E-state index in [1.807, 2.05) is 54.1 Å². The largest absolute Gasteiger partial charge is 0.374 e. The molecule has 6 heteroatoms. The normalized spacial score (nSPS) is 16.7. The van der Waals surface area contributed by atoms with Gasteiger partial charge in [0.2, 0.25) is 0 Å². The third-order valence-corrected chi connectivity index (χ3v) is 7.42. The van der Waals surface area contributed by atoms with Gasteiger partial charge in [0.05, 0.1) is 35.4 Å². The minimum absolute atomic E-state index is 0.0906. The van der Waals surface area contributed by atoms with Crippen molar-refractivity contribution >= 4 is 10.9 Å². The molecule has 1 aliphatic rings. The van der Waals surface area contributed by atoms with Crippen LogP contribution in [0.3, 0.4) is 0 Å². The molecule has 1 aliphatic carbocycles. The maximum Gasteiger partial charge on any atom is 0.251 e. The summed E-state index contributed by atoms with van der Waals surface area (Å²) in [5.41, 5.74) is 5.47. The number of aryl methyl sites for hydroxylation is 4. The van der Waals surface area contributed by atoms with Crippen molar-refractivity contribution in [2.24, 2.45) is 14.1 Å². The van der Waals surface area contributed by atoms with Crippen molar-refractivity contribution in [3.05, 3.63) is 123 Å². The number of nitriles is 1. The third kappa shape index (κ3) is 3.21. The van der Waals surface area contributed by atoms with Gasteiger partial charge >= 0.3 is 0 Å². The Balaban J connectivity index is 1.77. The predicted octanol–water partition coefficient (Wildman–Crippen LogP) is 4.19. The molecule has 0 spiro atoms. The lowest BCUT2D eigenvalue weighted by Crippen LogP contribution is -2.31. The van der Waals surface area contributed by atoms with Crippen LogP contribution in [-0.2, 0) is 32.5 Å². The summed E-state index contributed by atoms with van der Waals surface area (Å²) in [7, 11) is 3.62. The van der Waals surface area contributed by atoms with Crippen LogP contribution in [0.25, 0.3) is 22.0 Å². The minimum atomic E-state index is -1.53. The fourth-order valence-corrected chi connectivity index (χ4v) is 5.40.